The Morgan fingerprint density at radius 3 is 2.47 bits per heavy atom. The molecule has 0 aromatic heterocycles. The van der Waals surface area contributed by atoms with E-state index >= 15 is 0 Å². The van der Waals surface area contributed by atoms with Crippen LogP contribution in [0.5, 0.6) is 0 Å². The molecule has 0 aliphatic rings. The number of ether oxygens (including phenoxy) is 1. The van der Waals surface area contributed by atoms with Gasteiger partial charge in [0.25, 0.3) is 0 Å². The second-order valence-corrected chi connectivity index (χ2v) is 4.55. The van der Waals surface area contributed by atoms with Crippen molar-refractivity contribution in [3.05, 3.63) is 30.3 Å². The third-order valence-corrected chi connectivity index (χ3v) is 2.58. The van der Waals surface area contributed by atoms with E-state index in [0.29, 0.717) is 12.3 Å². The van der Waals surface area contributed by atoms with Gasteiger partial charge >= 0.3 is 10.2 Å². The standard InChI is InChI=1S/C10H15N3O3S/c1-3-16-9(2)12-13(17(11,14)15)10-7-5-4-6-8-10/h4-8H,3H2,1-2H3,(H2,11,14,15)/b12-9+. The van der Waals surface area contributed by atoms with Gasteiger partial charge in [-0.3, -0.25) is 0 Å². The molecule has 0 saturated heterocycles. The summed E-state index contributed by atoms with van der Waals surface area (Å²) in [7, 11) is -3.97. The first-order valence-electron chi connectivity index (χ1n) is 5.01. The molecule has 0 aliphatic heterocycles. The number of nitrogens with zero attached hydrogens (tertiary/aromatic N) is 2. The maximum atomic E-state index is 11.4. The highest BCUT2D eigenvalue weighted by atomic mass is 32.2. The van der Waals surface area contributed by atoms with Crippen molar-refractivity contribution in [3.8, 4) is 0 Å². The molecule has 0 atom stereocenters. The van der Waals surface area contributed by atoms with Crippen molar-refractivity contribution in [1.82, 2.24) is 0 Å². The number of anilines is 1. The lowest BCUT2D eigenvalue weighted by Gasteiger charge is -2.16. The van der Waals surface area contributed by atoms with E-state index in [-0.39, 0.29) is 5.90 Å². The van der Waals surface area contributed by atoms with Crippen molar-refractivity contribution < 1.29 is 13.2 Å². The minimum atomic E-state index is -3.97. The van der Waals surface area contributed by atoms with Gasteiger partial charge in [-0.15, -0.1) is 9.52 Å². The number of hydrogen-bond donors (Lipinski definition) is 1. The molecule has 2 N–H and O–H groups in total. The highest BCUT2D eigenvalue weighted by Crippen LogP contribution is 2.16. The Morgan fingerprint density at radius 2 is 2.00 bits per heavy atom. The van der Waals surface area contributed by atoms with Crippen molar-refractivity contribution in [2.45, 2.75) is 13.8 Å². The average molecular weight is 257 g/mol. The molecule has 0 saturated carbocycles. The second kappa shape index (κ2) is 5.65. The molecule has 7 heteroatoms. The number of rotatable bonds is 4. The number of hydrazone groups is 1. The molecule has 0 spiro atoms. The summed E-state index contributed by atoms with van der Waals surface area (Å²) in [5.41, 5.74) is 0.356. The molecule has 0 aliphatic carbocycles. The zero-order valence-corrected chi connectivity index (χ0v) is 10.5. The monoisotopic (exact) mass is 257 g/mol. The molecule has 0 bridgehead atoms. The van der Waals surface area contributed by atoms with E-state index in [1.165, 1.54) is 0 Å². The predicted molar refractivity (Wildman–Crippen MR) is 66.8 cm³/mol. The summed E-state index contributed by atoms with van der Waals surface area (Å²) in [4.78, 5) is 0. The fraction of sp³-hybridized carbons (Fsp3) is 0.300. The predicted octanol–water partition coefficient (Wildman–Crippen LogP) is 1.07. The van der Waals surface area contributed by atoms with Gasteiger partial charge < -0.3 is 4.74 Å². The number of benzene rings is 1. The van der Waals surface area contributed by atoms with Crippen LogP contribution in [0, 0.1) is 0 Å². The first-order chi connectivity index (χ1) is 7.95. The highest BCUT2D eigenvalue weighted by Gasteiger charge is 2.17. The van der Waals surface area contributed by atoms with Crippen molar-refractivity contribution in [2.75, 3.05) is 11.0 Å². The lowest BCUT2D eigenvalue weighted by Crippen LogP contribution is -2.33. The van der Waals surface area contributed by atoms with E-state index in [4.69, 9.17) is 9.88 Å². The molecule has 94 valence electrons. The average Bonchev–Trinajstić information content (AvgIpc) is 2.26. The van der Waals surface area contributed by atoms with E-state index in [1.807, 2.05) is 0 Å². The maximum Gasteiger partial charge on any atom is 0.318 e. The van der Waals surface area contributed by atoms with Crippen LogP contribution >= 0.6 is 0 Å². The van der Waals surface area contributed by atoms with E-state index in [0.717, 1.165) is 4.41 Å². The Bertz CT molecular complexity index is 485. The van der Waals surface area contributed by atoms with Crippen LogP contribution in [-0.2, 0) is 14.9 Å². The molecule has 0 heterocycles. The van der Waals surface area contributed by atoms with Gasteiger partial charge in [0.05, 0.1) is 12.3 Å². The van der Waals surface area contributed by atoms with Gasteiger partial charge in [-0.25, -0.2) is 5.14 Å². The smallest absolute Gasteiger partial charge is 0.318 e. The summed E-state index contributed by atoms with van der Waals surface area (Å²) in [6, 6.07) is 8.34. The summed E-state index contributed by atoms with van der Waals surface area (Å²) < 4.78 is 28.6. The van der Waals surface area contributed by atoms with Gasteiger partial charge in [0.15, 0.2) is 0 Å². The van der Waals surface area contributed by atoms with E-state index in [9.17, 15) is 8.42 Å². The third-order valence-electron chi connectivity index (χ3n) is 1.80. The van der Waals surface area contributed by atoms with E-state index in [1.54, 1.807) is 44.2 Å². The molecule has 1 rings (SSSR count). The van der Waals surface area contributed by atoms with Gasteiger partial charge in [0.1, 0.15) is 0 Å². The van der Waals surface area contributed by atoms with E-state index < -0.39 is 10.2 Å². The Labute approximate surface area is 101 Å². The molecule has 6 nitrogen and oxygen atoms in total. The maximum absolute atomic E-state index is 11.4. The molecular weight excluding hydrogens is 242 g/mol. The van der Waals surface area contributed by atoms with Crippen LogP contribution < -0.4 is 9.55 Å². The van der Waals surface area contributed by atoms with Gasteiger partial charge in [0.2, 0.25) is 5.90 Å². The molecule has 17 heavy (non-hydrogen) atoms. The third kappa shape index (κ3) is 4.04. The summed E-state index contributed by atoms with van der Waals surface area (Å²) in [5, 5.41) is 8.91. The Kier molecular flexibility index (Phi) is 4.47. The van der Waals surface area contributed by atoms with Crippen LogP contribution in [0.25, 0.3) is 0 Å². The van der Waals surface area contributed by atoms with Crippen LogP contribution in [0.3, 0.4) is 0 Å². The first kappa shape index (κ1) is 13.5. The molecule has 0 unspecified atom stereocenters. The van der Waals surface area contributed by atoms with E-state index in [2.05, 4.69) is 5.10 Å². The molecule has 0 amide bonds. The van der Waals surface area contributed by atoms with Gasteiger partial charge in [-0.1, -0.05) is 18.2 Å². The molecule has 0 radical (unpaired) electrons. The lowest BCUT2D eigenvalue weighted by atomic mass is 10.3. The molecule has 0 fully saturated rings. The topological polar surface area (TPSA) is 85.0 Å². The van der Waals surface area contributed by atoms with Gasteiger partial charge in [0, 0.05) is 6.92 Å². The normalized spacial score (nSPS) is 12.3. The van der Waals surface area contributed by atoms with Gasteiger partial charge in [-0.05, 0) is 19.1 Å². The van der Waals surface area contributed by atoms with Crippen molar-refractivity contribution in [3.63, 3.8) is 0 Å². The van der Waals surface area contributed by atoms with Crippen LogP contribution in [0.1, 0.15) is 13.8 Å². The quantitative estimate of drug-likeness (QED) is 0.497. The summed E-state index contributed by atoms with van der Waals surface area (Å²) in [6.45, 7) is 3.75. The Morgan fingerprint density at radius 1 is 1.41 bits per heavy atom. The number of para-hydroxylation sites is 1. The fourth-order valence-electron chi connectivity index (χ4n) is 1.18. The van der Waals surface area contributed by atoms with Crippen LogP contribution in [0.4, 0.5) is 5.69 Å². The largest absolute Gasteiger partial charge is 0.480 e. The van der Waals surface area contributed by atoms with Crippen LogP contribution in [0.15, 0.2) is 35.4 Å². The molecule has 1 aromatic rings. The fourth-order valence-corrected chi connectivity index (χ4v) is 1.83. The van der Waals surface area contributed by atoms with Crippen molar-refractivity contribution in [1.29, 1.82) is 0 Å². The Balaban J connectivity index is 3.11. The first-order valence-corrected chi connectivity index (χ1v) is 6.51. The number of nitrogens with two attached hydrogens (primary N) is 1. The summed E-state index contributed by atoms with van der Waals surface area (Å²) in [5.74, 6) is 0.227. The molecule has 1 aromatic carbocycles. The summed E-state index contributed by atoms with van der Waals surface area (Å²) >= 11 is 0. The van der Waals surface area contributed by atoms with Crippen LogP contribution in [-0.4, -0.2) is 20.9 Å². The highest BCUT2D eigenvalue weighted by molar-refractivity contribution is 7.90. The van der Waals surface area contributed by atoms with Crippen LogP contribution in [0.2, 0.25) is 0 Å². The lowest BCUT2D eigenvalue weighted by molar-refractivity contribution is 0.323. The zero-order chi connectivity index (χ0) is 12.9. The van der Waals surface area contributed by atoms with Gasteiger partial charge in [-0.2, -0.15) is 8.42 Å². The minimum Gasteiger partial charge on any atom is -0.480 e. The Hall–Kier alpha value is -1.60. The van der Waals surface area contributed by atoms with Crippen molar-refractivity contribution in [2.24, 2.45) is 10.2 Å². The minimum absolute atomic E-state index is 0.227. The van der Waals surface area contributed by atoms with Crippen molar-refractivity contribution >= 4 is 21.8 Å². The zero-order valence-electron chi connectivity index (χ0n) is 9.70. The summed E-state index contributed by atoms with van der Waals surface area (Å²) in [6.07, 6.45) is 0. The SMILES string of the molecule is CCO/C(C)=N/N(c1ccccc1)S(N)(=O)=O. The second-order valence-electron chi connectivity index (χ2n) is 3.18. The molecular formula is C10H15N3O3S. The number of hydrogen-bond acceptors (Lipinski definition) is 4.